The molecule has 0 saturated heterocycles. The monoisotopic (exact) mass is 268 g/mol. The molecular weight excluding hydrogens is 248 g/mol. The minimum absolute atomic E-state index is 0.0713. The third kappa shape index (κ3) is 4.59. The molecule has 1 rings (SSSR count). The number of nitro groups is 1. The van der Waals surface area contributed by atoms with E-state index in [9.17, 15) is 20.3 Å². The molecule has 0 aliphatic heterocycles. The Hall–Kier alpha value is -1.50. The Morgan fingerprint density at radius 2 is 1.79 bits per heavy atom. The van der Waals surface area contributed by atoms with Crippen molar-refractivity contribution in [2.24, 2.45) is 5.41 Å². The van der Waals surface area contributed by atoms with Crippen molar-refractivity contribution in [3.8, 4) is 0 Å². The lowest BCUT2D eigenvalue weighted by Crippen LogP contribution is -2.38. The predicted molar refractivity (Wildman–Crippen MR) is 71.7 cm³/mol. The van der Waals surface area contributed by atoms with Gasteiger partial charge in [0.25, 0.3) is 5.69 Å². The predicted octanol–water partition coefficient (Wildman–Crippen LogP) is 1.02. The molecule has 0 amide bonds. The molecule has 0 heterocycles. The van der Waals surface area contributed by atoms with Gasteiger partial charge in [-0.2, -0.15) is 0 Å². The Kier molecular flexibility index (Phi) is 5.41. The molecular formula is C13H20N2O4. The van der Waals surface area contributed by atoms with Crippen molar-refractivity contribution in [2.75, 3.05) is 26.8 Å². The van der Waals surface area contributed by atoms with Crippen LogP contribution in [0.1, 0.15) is 12.5 Å². The van der Waals surface area contributed by atoms with E-state index in [-0.39, 0.29) is 18.9 Å². The Balaban J connectivity index is 2.61. The molecule has 0 unspecified atom stereocenters. The van der Waals surface area contributed by atoms with Gasteiger partial charge in [-0.3, -0.25) is 10.1 Å². The molecule has 106 valence electrons. The van der Waals surface area contributed by atoms with Crippen LogP contribution in [0.15, 0.2) is 24.3 Å². The van der Waals surface area contributed by atoms with Gasteiger partial charge < -0.3 is 15.1 Å². The molecule has 0 aromatic heterocycles. The van der Waals surface area contributed by atoms with Gasteiger partial charge in [0.1, 0.15) is 0 Å². The maximum atomic E-state index is 10.5. The second kappa shape index (κ2) is 6.60. The van der Waals surface area contributed by atoms with Crippen LogP contribution in [0, 0.1) is 15.5 Å². The standard InChI is InChI=1S/C13H20N2O4/c1-13(9-16,10-17)8-14(2)7-11-3-5-12(6-4-11)15(18)19/h3-6,16-17H,7-10H2,1-2H3. The van der Waals surface area contributed by atoms with Crippen LogP contribution in [-0.4, -0.2) is 46.8 Å². The number of hydrogen-bond donors (Lipinski definition) is 2. The molecule has 0 aliphatic carbocycles. The van der Waals surface area contributed by atoms with Crippen LogP contribution >= 0.6 is 0 Å². The van der Waals surface area contributed by atoms with Gasteiger partial charge in [-0.25, -0.2) is 0 Å². The van der Waals surface area contributed by atoms with Crippen LogP contribution in [0.2, 0.25) is 0 Å². The van der Waals surface area contributed by atoms with E-state index >= 15 is 0 Å². The van der Waals surface area contributed by atoms with Crippen molar-refractivity contribution < 1.29 is 15.1 Å². The Labute approximate surface area is 112 Å². The van der Waals surface area contributed by atoms with Gasteiger partial charge in [0.05, 0.1) is 18.1 Å². The second-order valence-electron chi connectivity index (χ2n) is 5.22. The maximum absolute atomic E-state index is 10.5. The number of benzene rings is 1. The van der Waals surface area contributed by atoms with Crippen LogP contribution in [0.3, 0.4) is 0 Å². The van der Waals surface area contributed by atoms with Gasteiger partial charge in [-0.1, -0.05) is 19.1 Å². The zero-order valence-electron chi connectivity index (χ0n) is 11.2. The molecule has 0 saturated carbocycles. The normalized spacial score (nSPS) is 11.8. The van der Waals surface area contributed by atoms with Gasteiger partial charge >= 0.3 is 0 Å². The first-order valence-corrected chi connectivity index (χ1v) is 6.04. The number of nitro benzene ring substituents is 1. The Morgan fingerprint density at radius 1 is 1.26 bits per heavy atom. The summed E-state index contributed by atoms with van der Waals surface area (Å²) >= 11 is 0. The Morgan fingerprint density at radius 3 is 2.21 bits per heavy atom. The quantitative estimate of drug-likeness (QED) is 0.569. The van der Waals surface area contributed by atoms with Gasteiger partial charge in [0.15, 0.2) is 0 Å². The molecule has 0 fully saturated rings. The number of aliphatic hydroxyl groups excluding tert-OH is 2. The molecule has 0 atom stereocenters. The minimum atomic E-state index is -0.546. The van der Waals surface area contributed by atoms with Crippen LogP contribution in [-0.2, 0) is 6.54 Å². The van der Waals surface area contributed by atoms with E-state index in [1.807, 2.05) is 11.9 Å². The first-order valence-electron chi connectivity index (χ1n) is 6.04. The van der Waals surface area contributed by atoms with Crippen molar-refractivity contribution in [1.82, 2.24) is 4.90 Å². The topological polar surface area (TPSA) is 86.8 Å². The molecule has 6 heteroatoms. The molecule has 19 heavy (non-hydrogen) atoms. The van der Waals surface area contributed by atoms with Crippen molar-refractivity contribution in [3.05, 3.63) is 39.9 Å². The molecule has 6 nitrogen and oxygen atoms in total. The van der Waals surface area contributed by atoms with Gasteiger partial charge in [-0.05, 0) is 12.6 Å². The maximum Gasteiger partial charge on any atom is 0.269 e. The van der Waals surface area contributed by atoms with E-state index in [0.29, 0.717) is 13.1 Å². The summed E-state index contributed by atoms with van der Waals surface area (Å²) in [4.78, 5) is 12.1. The van der Waals surface area contributed by atoms with Crippen LogP contribution in [0.4, 0.5) is 5.69 Å². The number of nitrogens with zero attached hydrogens (tertiary/aromatic N) is 2. The van der Waals surface area contributed by atoms with E-state index in [2.05, 4.69) is 0 Å². The van der Waals surface area contributed by atoms with Crippen molar-refractivity contribution in [3.63, 3.8) is 0 Å². The third-order valence-electron chi connectivity index (χ3n) is 3.01. The number of rotatable bonds is 7. The molecule has 0 bridgehead atoms. The van der Waals surface area contributed by atoms with Crippen LogP contribution in [0.25, 0.3) is 0 Å². The number of hydrogen-bond acceptors (Lipinski definition) is 5. The summed E-state index contributed by atoms with van der Waals surface area (Å²) in [6.07, 6.45) is 0. The summed E-state index contributed by atoms with van der Waals surface area (Å²) < 4.78 is 0. The zero-order valence-corrected chi connectivity index (χ0v) is 11.2. The lowest BCUT2D eigenvalue weighted by molar-refractivity contribution is -0.384. The van der Waals surface area contributed by atoms with Gasteiger partial charge in [0, 0.05) is 30.6 Å². The lowest BCUT2D eigenvalue weighted by atomic mass is 9.92. The van der Waals surface area contributed by atoms with Crippen LogP contribution in [0.5, 0.6) is 0 Å². The van der Waals surface area contributed by atoms with Crippen molar-refractivity contribution in [1.29, 1.82) is 0 Å². The Bertz CT molecular complexity index is 415. The summed E-state index contributed by atoms with van der Waals surface area (Å²) in [5.74, 6) is 0. The molecule has 2 N–H and O–H groups in total. The van der Waals surface area contributed by atoms with Crippen molar-refractivity contribution in [2.45, 2.75) is 13.5 Å². The third-order valence-corrected chi connectivity index (χ3v) is 3.01. The number of non-ortho nitro benzene ring substituents is 1. The molecule has 1 aromatic rings. The van der Waals surface area contributed by atoms with Crippen molar-refractivity contribution >= 4 is 5.69 Å². The minimum Gasteiger partial charge on any atom is -0.396 e. The summed E-state index contributed by atoms with van der Waals surface area (Å²) in [5, 5.41) is 29.0. The van der Waals surface area contributed by atoms with E-state index in [0.717, 1.165) is 5.56 Å². The average molecular weight is 268 g/mol. The highest BCUT2D eigenvalue weighted by Crippen LogP contribution is 2.18. The van der Waals surface area contributed by atoms with Gasteiger partial charge in [0.2, 0.25) is 0 Å². The SMILES string of the molecule is CN(Cc1ccc([N+](=O)[O-])cc1)CC(C)(CO)CO. The fourth-order valence-corrected chi connectivity index (χ4v) is 1.89. The summed E-state index contributed by atoms with van der Waals surface area (Å²) in [6.45, 7) is 2.77. The van der Waals surface area contributed by atoms with E-state index in [4.69, 9.17) is 0 Å². The highest BCUT2D eigenvalue weighted by molar-refractivity contribution is 5.32. The summed E-state index contributed by atoms with van der Waals surface area (Å²) in [6, 6.07) is 6.37. The number of aliphatic hydroxyl groups is 2. The van der Waals surface area contributed by atoms with E-state index in [1.165, 1.54) is 12.1 Å². The largest absolute Gasteiger partial charge is 0.396 e. The van der Waals surface area contributed by atoms with E-state index in [1.54, 1.807) is 19.1 Å². The average Bonchev–Trinajstić information content (AvgIpc) is 2.39. The first kappa shape index (κ1) is 15.6. The molecule has 0 radical (unpaired) electrons. The molecule has 1 aromatic carbocycles. The molecule has 0 spiro atoms. The summed E-state index contributed by atoms with van der Waals surface area (Å²) in [5.41, 5.74) is 0.475. The second-order valence-corrected chi connectivity index (χ2v) is 5.22. The molecule has 0 aliphatic rings. The first-order chi connectivity index (χ1) is 8.90. The summed E-state index contributed by atoms with van der Waals surface area (Å²) in [7, 11) is 1.88. The fourth-order valence-electron chi connectivity index (χ4n) is 1.89. The van der Waals surface area contributed by atoms with Gasteiger partial charge in [-0.15, -0.1) is 0 Å². The lowest BCUT2D eigenvalue weighted by Gasteiger charge is -2.30. The highest BCUT2D eigenvalue weighted by atomic mass is 16.6. The highest BCUT2D eigenvalue weighted by Gasteiger charge is 2.24. The van der Waals surface area contributed by atoms with E-state index < -0.39 is 10.3 Å². The smallest absolute Gasteiger partial charge is 0.269 e. The fraction of sp³-hybridized carbons (Fsp3) is 0.538. The zero-order chi connectivity index (χ0) is 14.5. The van der Waals surface area contributed by atoms with Crippen LogP contribution < -0.4 is 0 Å².